The number of carbonyl (C=O) groups is 4. The second kappa shape index (κ2) is 73.0. The van der Waals surface area contributed by atoms with Gasteiger partial charge in [-0.15, -0.1) is 0 Å². The molecule has 0 heterocycles. The largest absolute Gasteiger partial charge is 0.472 e. The summed E-state index contributed by atoms with van der Waals surface area (Å²) in [4.78, 5) is 65.6. The summed E-state index contributed by atoms with van der Waals surface area (Å²) in [5, 5.41) is 10.6. The minimum absolute atomic E-state index is 0.0605. The van der Waals surface area contributed by atoms with Crippen molar-refractivity contribution >= 4 is 40.5 Å². The maximum atomic E-state index is 13.1. The van der Waals surface area contributed by atoms with Gasteiger partial charge >= 0.3 is 21.6 Å². The Morgan fingerprint density at radius 1 is 0.340 bits per heavy atom. The van der Waals surface area contributed by atoms with Gasteiger partial charge in [0.15, 0.2) is 0 Å². The number of allylic oxidation sites excluding steroid dienone is 10. The number of aliphatic hydroxyl groups excluding tert-OH is 1. The number of rotatable bonds is 77. The summed E-state index contributed by atoms with van der Waals surface area (Å²) < 4.78 is 70.4. The maximum absolute atomic E-state index is 13.1. The number of hydrogen-bond acceptors (Lipinski definition) is 15. The molecule has 0 rings (SSSR count). The molecule has 0 amide bonds. The van der Waals surface area contributed by atoms with Crippen molar-refractivity contribution in [2.45, 2.75) is 333 Å². The summed E-state index contributed by atoms with van der Waals surface area (Å²) in [6.07, 6.45) is 70.9. The van der Waals surface area contributed by atoms with E-state index >= 15 is 0 Å². The van der Waals surface area contributed by atoms with Gasteiger partial charge in [0.25, 0.3) is 0 Å². The van der Waals surface area contributed by atoms with Crippen molar-refractivity contribution in [1.29, 1.82) is 0 Å². The van der Waals surface area contributed by atoms with Crippen LogP contribution < -0.4 is 0 Å². The molecule has 0 aromatic rings. The fraction of sp³-hybridized carbons (Fsp3) is 0.813. The van der Waals surface area contributed by atoms with E-state index in [1.807, 2.05) is 0 Å². The zero-order chi connectivity index (χ0) is 68.5. The molecule has 0 spiro atoms. The highest BCUT2D eigenvalue weighted by Crippen LogP contribution is 2.45. The Morgan fingerprint density at radius 3 is 1.00 bits per heavy atom. The van der Waals surface area contributed by atoms with E-state index in [4.69, 9.17) is 37.0 Å². The normalized spacial score (nSPS) is 14.4. The van der Waals surface area contributed by atoms with Gasteiger partial charge in [-0.25, -0.2) is 9.13 Å². The number of hydrogen-bond donors (Lipinski definition) is 3. The summed E-state index contributed by atoms with van der Waals surface area (Å²) in [6.45, 7) is 1.26. The molecule has 0 bridgehead atoms. The summed E-state index contributed by atoms with van der Waals surface area (Å²) >= 11 is 0. The molecule has 3 N–H and O–H groups in total. The molecule has 0 aliphatic heterocycles. The van der Waals surface area contributed by atoms with Crippen LogP contribution in [0, 0.1) is 0 Å². The molecule has 0 saturated carbocycles. The van der Waals surface area contributed by atoms with Crippen molar-refractivity contribution in [1.82, 2.24) is 0 Å². The number of ether oxygens (including phenoxy) is 4. The SMILES string of the molecule is CCCCC/C=C\C/C=C\CCCCCCCC(=O)O[C@H](COCCCCCCC/C=C\CCCCCCC=O)COP(=O)(O)OC[C@@H](O)COP(=O)(O)OC[C@@H](COCCCCCCC/C=C\CCCCCCC=O)OCCCCCCC/C=C\CCCCCCC=O. The van der Waals surface area contributed by atoms with Gasteiger partial charge in [0.2, 0.25) is 0 Å². The van der Waals surface area contributed by atoms with Crippen molar-refractivity contribution in [3.8, 4) is 0 Å². The van der Waals surface area contributed by atoms with Crippen molar-refractivity contribution < 1.29 is 80.2 Å². The smallest absolute Gasteiger partial charge is 0.457 e. The minimum Gasteiger partial charge on any atom is -0.457 e. The van der Waals surface area contributed by atoms with Crippen LogP contribution in [0.5, 0.6) is 0 Å². The second-order valence-electron chi connectivity index (χ2n) is 25.1. The van der Waals surface area contributed by atoms with Crippen LogP contribution in [0.15, 0.2) is 60.8 Å². The summed E-state index contributed by atoms with van der Waals surface area (Å²) in [5.74, 6) is -0.467. The third kappa shape index (κ3) is 72.0. The molecule has 17 nitrogen and oxygen atoms in total. The van der Waals surface area contributed by atoms with Crippen molar-refractivity contribution in [3.63, 3.8) is 0 Å². The summed E-state index contributed by atoms with van der Waals surface area (Å²) in [5.41, 5.74) is 0. The topological polar surface area (TPSA) is 237 Å². The number of phosphoric ester groups is 2. The molecule has 19 heteroatoms. The minimum atomic E-state index is -4.83. The van der Waals surface area contributed by atoms with E-state index < -0.39 is 59.7 Å². The van der Waals surface area contributed by atoms with Crippen LogP contribution in [-0.2, 0) is 65.4 Å². The van der Waals surface area contributed by atoms with Crippen molar-refractivity contribution in [2.24, 2.45) is 0 Å². The van der Waals surface area contributed by atoms with E-state index in [1.165, 1.54) is 25.7 Å². The van der Waals surface area contributed by atoms with Gasteiger partial charge in [0.05, 0.1) is 39.6 Å². The third-order valence-corrected chi connectivity index (χ3v) is 17.9. The van der Waals surface area contributed by atoms with E-state index in [2.05, 4.69) is 67.7 Å². The number of carbonyl (C=O) groups excluding carboxylic acids is 4. The van der Waals surface area contributed by atoms with Crippen LogP contribution in [0.4, 0.5) is 0 Å². The van der Waals surface area contributed by atoms with Gasteiger partial charge in [-0.2, -0.15) is 0 Å². The van der Waals surface area contributed by atoms with E-state index in [0.29, 0.717) is 45.5 Å². The number of aldehydes is 3. The zero-order valence-electron chi connectivity index (χ0n) is 59.0. The first-order valence-electron chi connectivity index (χ1n) is 37.4. The number of phosphoric acid groups is 2. The third-order valence-electron chi connectivity index (χ3n) is 16.0. The predicted molar refractivity (Wildman–Crippen MR) is 382 cm³/mol. The van der Waals surface area contributed by atoms with Crippen molar-refractivity contribution in [2.75, 3.05) is 59.5 Å². The van der Waals surface area contributed by atoms with Crippen LogP contribution in [0.25, 0.3) is 0 Å². The molecule has 0 aromatic heterocycles. The van der Waals surface area contributed by atoms with Crippen LogP contribution in [0.2, 0.25) is 0 Å². The first-order chi connectivity index (χ1) is 46.0. The van der Waals surface area contributed by atoms with Crippen LogP contribution >= 0.6 is 15.6 Å². The van der Waals surface area contributed by atoms with E-state index in [0.717, 1.165) is 269 Å². The van der Waals surface area contributed by atoms with Gasteiger partial charge in [0.1, 0.15) is 37.2 Å². The lowest BCUT2D eigenvalue weighted by atomic mass is 10.1. The van der Waals surface area contributed by atoms with Crippen LogP contribution in [-0.4, -0.2) is 117 Å². The molecular formula is C75H136O17P2. The summed E-state index contributed by atoms with van der Waals surface area (Å²) in [7, 11) is -9.57. The second-order valence-corrected chi connectivity index (χ2v) is 28.0. The van der Waals surface area contributed by atoms with Gasteiger partial charge in [-0.1, -0.05) is 196 Å². The van der Waals surface area contributed by atoms with Gasteiger partial charge in [0, 0.05) is 45.5 Å². The lowest BCUT2D eigenvalue weighted by Crippen LogP contribution is -2.29. The standard InChI is InChI=1S/C75H136O17P2/c1-2-3-4-5-6-7-8-9-10-17-24-31-38-45-52-59-75(80)92-74(69-86-64-57-50-43-36-29-22-15-12-19-26-33-40-47-54-61-77)71-91-94(83,84)89-67-72(79)66-88-93(81,82)90-70-73(87-65-58-51-44-37-30-23-16-13-20-27-34-41-48-55-62-78)68-85-63-56-49-42-35-28-21-14-11-18-25-32-39-46-53-60-76/h6-7,9-16,60-62,72-74,79H,2-5,8,17-59,63-71H2,1H3,(H,81,82)(H,83,84)/b7-6-,10-9-,14-11-,15-12-,16-13-/t72-,73+,74+/m0/s1. The van der Waals surface area contributed by atoms with E-state index in [1.54, 1.807) is 0 Å². The van der Waals surface area contributed by atoms with Crippen LogP contribution in [0.3, 0.4) is 0 Å². The zero-order valence-corrected chi connectivity index (χ0v) is 60.8. The van der Waals surface area contributed by atoms with Gasteiger partial charge in [-0.3, -0.25) is 22.9 Å². The van der Waals surface area contributed by atoms with Gasteiger partial charge in [-0.05, 0) is 154 Å². The average molecular weight is 1370 g/mol. The average Bonchev–Trinajstić information content (AvgIpc) is 3.03. The highest BCUT2D eigenvalue weighted by molar-refractivity contribution is 7.47. The molecule has 0 aliphatic rings. The highest BCUT2D eigenvalue weighted by atomic mass is 31.2. The predicted octanol–water partition coefficient (Wildman–Crippen LogP) is 20.1. The quantitative estimate of drug-likeness (QED) is 0.0169. The van der Waals surface area contributed by atoms with E-state index in [9.17, 15) is 43.2 Å². The molecule has 0 saturated heterocycles. The Bertz CT molecular complexity index is 1930. The molecule has 94 heavy (non-hydrogen) atoms. The first-order valence-corrected chi connectivity index (χ1v) is 40.4. The number of aliphatic hydroxyl groups is 1. The highest BCUT2D eigenvalue weighted by Gasteiger charge is 2.29. The Kier molecular flexibility index (Phi) is 70.8. The fourth-order valence-electron chi connectivity index (χ4n) is 10.2. The Labute approximate surface area is 571 Å². The molecule has 0 fully saturated rings. The molecular weight excluding hydrogens is 1230 g/mol. The maximum Gasteiger partial charge on any atom is 0.472 e. The molecule has 0 aliphatic carbocycles. The lowest BCUT2D eigenvalue weighted by molar-refractivity contribution is -0.154. The van der Waals surface area contributed by atoms with E-state index in [-0.39, 0.29) is 26.2 Å². The molecule has 5 atom stereocenters. The fourth-order valence-corrected chi connectivity index (χ4v) is 11.8. The number of esters is 1. The van der Waals surface area contributed by atoms with Crippen molar-refractivity contribution in [3.05, 3.63) is 60.8 Å². The van der Waals surface area contributed by atoms with Gasteiger partial charge < -0.3 is 48.2 Å². The molecule has 2 unspecified atom stereocenters. The lowest BCUT2D eigenvalue weighted by Gasteiger charge is -2.21. The van der Waals surface area contributed by atoms with Crippen LogP contribution in [0.1, 0.15) is 315 Å². The monoisotopic (exact) mass is 1370 g/mol. The first kappa shape index (κ1) is 91.2. The Hall–Kier alpha value is -2.76. The molecule has 548 valence electrons. The summed E-state index contributed by atoms with van der Waals surface area (Å²) in [6, 6.07) is 0. The Balaban J connectivity index is 5.14. The molecule has 0 radical (unpaired) electrons. The Morgan fingerprint density at radius 2 is 0.628 bits per heavy atom. The number of unbranched alkanes of at least 4 members (excludes halogenated alkanes) is 38. The molecule has 0 aromatic carbocycles.